The number of carbonyl (C=O) groups excluding carboxylic acids is 1. The van der Waals surface area contributed by atoms with E-state index in [4.69, 9.17) is 4.74 Å². The van der Waals surface area contributed by atoms with Crippen LogP contribution >= 0.6 is 0 Å². The molecule has 1 aromatic heterocycles. The Morgan fingerprint density at radius 2 is 1.52 bits per heavy atom. The Bertz CT molecular complexity index is 814. The molecule has 4 rings (SSSR count). The van der Waals surface area contributed by atoms with Crippen LogP contribution in [0.3, 0.4) is 0 Å². The number of anilines is 3. The molecule has 2 amide bonds. The molecule has 8 heteroatoms. The third kappa shape index (κ3) is 4.70. The summed E-state index contributed by atoms with van der Waals surface area (Å²) < 4.78 is 5.15. The van der Waals surface area contributed by atoms with Crippen molar-refractivity contribution < 1.29 is 9.53 Å². The Kier molecular flexibility index (Phi) is 5.97. The third-order valence-electron chi connectivity index (χ3n) is 5.55. The van der Waals surface area contributed by atoms with Crippen LogP contribution in [0.5, 0.6) is 5.75 Å². The molecule has 0 unspecified atom stereocenters. The number of piperidine rings is 1. The first-order valence-electron chi connectivity index (χ1n) is 10.2. The minimum Gasteiger partial charge on any atom is -0.497 e. The lowest BCUT2D eigenvalue weighted by molar-refractivity contribution is 0.208. The summed E-state index contributed by atoms with van der Waals surface area (Å²) in [6.07, 6.45) is 5.40. The number of benzene rings is 1. The number of amides is 2. The van der Waals surface area contributed by atoms with Crippen molar-refractivity contribution in [1.82, 2.24) is 14.9 Å². The number of rotatable bonds is 4. The van der Waals surface area contributed by atoms with E-state index in [2.05, 4.69) is 31.2 Å². The molecule has 2 saturated heterocycles. The maximum atomic E-state index is 12.6. The Hall–Kier alpha value is -3.03. The maximum Gasteiger partial charge on any atom is 0.321 e. The second-order valence-electron chi connectivity index (χ2n) is 7.41. The number of urea groups is 1. The number of aromatic nitrogens is 2. The van der Waals surface area contributed by atoms with Gasteiger partial charge < -0.3 is 24.8 Å². The lowest BCUT2D eigenvalue weighted by Crippen LogP contribution is -2.50. The van der Waals surface area contributed by atoms with Crippen LogP contribution in [0, 0.1) is 0 Å². The van der Waals surface area contributed by atoms with E-state index >= 15 is 0 Å². The fourth-order valence-corrected chi connectivity index (χ4v) is 3.82. The van der Waals surface area contributed by atoms with Gasteiger partial charge in [0.1, 0.15) is 23.7 Å². The zero-order valence-electron chi connectivity index (χ0n) is 16.9. The normalized spacial score (nSPS) is 17.2. The van der Waals surface area contributed by atoms with Gasteiger partial charge in [0.2, 0.25) is 0 Å². The van der Waals surface area contributed by atoms with Crippen LogP contribution < -0.4 is 19.9 Å². The lowest BCUT2D eigenvalue weighted by atomic mass is 10.1. The highest BCUT2D eigenvalue weighted by Gasteiger charge is 2.23. The Morgan fingerprint density at radius 1 is 0.897 bits per heavy atom. The lowest BCUT2D eigenvalue weighted by Gasteiger charge is -2.36. The number of nitrogens with one attached hydrogen (secondary N) is 1. The highest BCUT2D eigenvalue weighted by atomic mass is 16.5. The van der Waals surface area contributed by atoms with Gasteiger partial charge in [-0.1, -0.05) is 0 Å². The monoisotopic (exact) mass is 396 g/mol. The fourth-order valence-electron chi connectivity index (χ4n) is 3.82. The zero-order valence-corrected chi connectivity index (χ0v) is 16.9. The number of carbonyl (C=O) groups is 1. The van der Waals surface area contributed by atoms with Crippen molar-refractivity contribution in [3.05, 3.63) is 36.7 Å². The first-order chi connectivity index (χ1) is 14.2. The zero-order chi connectivity index (χ0) is 20.1. The van der Waals surface area contributed by atoms with Gasteiger partial charge in [-0.3, -0.25) is 0 Å². The van der Waals surface area contributed by atoms with Crippen molar-refractivity contribution >= 4 is 23.4 Å². The molecule has 2 aromatic rings. The van der Waals surface area contributed by atoms with Gasteiger partial charge in [0.15, 0.2) is 0 Å². The van der Waals surface area contributed by atoms with E-state index in [0.29, 0.717) is 13.1 Å². The quantitative estimate of drug-likeness (QED) is 0.857. The smallest absolute Gasteiger partial charge is 0.321 e. The summed E-state index contributed by atoms with van der Waals surface area (Å²) in [6, 6.07) is 9.36. The van der Waals surface area contributed by atoms with Gasteiger partial charge in [0.25, 0.3) is 0 Å². The van der Waals surface area contributed by atoms with Crippen molar-refractivity contribution in [3.8, 4) is 5.75 Å². The van der Waals surface area contributed by atoms with Crippen molar-refractivity contribution in [2.24, 2.45) is 0 Å². The van der Waals surface area contributed by atoms with Gasteiger partial charge in [0.05, 0.1) is 7.11 Å². The molecule has 1 aromatic carbocycles. The predicted octanol–water partition coefficient (Wildman–Crippen LogP) is 2.83. The predicted molar refractivity (Wildman–Crippen MR) is 114 cm³/mol. The van der Waals surface area contributed by atoms with Crippen molar-refractivity contribution in [2.45, 2.75) is 19.3 Å². The van der Waals surface area contributed by atoms with E-state index < -0.39 is 0 Å². The summed E-state index contributed by atoms with van der Waals surface area (Å²) in [5.74, 6) is 2.72. The van der Waals surface area contributed by atoms with Gasteiger partial charge in [-0.15, -0.1) is 0 Å². The molecule has 2 fully saturated rings. The number of piperazine rings is 1. The van der Waals surface area contributed by atoms with E-state index in [1.165, 1.54) is 19.3 Å². The van der Waals surface area contributed by atoms with Crippen molar-refractivity contribution in [3.63, 3.8) is 0 Å². The highest BCUT2D eigenvalue weighted by Crippen LogP contribution is 2.22. The molecule has 3 heterocycles. The van der Waals surface area contributed by atoms with Crippen LogP contribution in [-0.4, -0.2) is 67.3 Å². The van der Waals surface area contributed by atoms with E-state index in [0.717, 1.165) is 49.3 Å². The van der Waals surface area contributed by atoms with E-state index in [1.807, 2.05) is 29.2 Å². The largest absolute Gasteiger partial charge is 0.497 e. The first-order valence-corrected chi connectivity index (χ1v) is 10.2. The molecule has 2 aliphatic heterocycles. The molecule has 0 radical (unpaired) electrons. The fraction of sp³-hybridized carbons (Fsp3) is 0.476. The second-order valence-corrected chi connectivity index (χ2v) is 7.41. The van der Waals surface area contributed by atoms with Gasteiger partial charge in [-0.2, -0.15) is 0 Å². The topological polar surface area (TPSA) is 73.8 Å². The molecule has 154 valence electrons. The number of methoxy groups -OCH3 is 1. The summed E-state index contributed by atoms with van der Waals surface area (Å²) in [4.78, 5) is 27.9. The van der Waals surface area contributed by atoms with E-state index in [-0.39, 0.29) is 6.03 Å². The molecule has 0 spiro atoms. The summed E-state index contributed by atoms with van der Waals surface area (Å²) in [7, 11) is 1.63. The molecule has 29 heavy (non-hydrogen) atoms. The average molecular weight is 396 g/mol. The van der Waals surface area contributed by atoms with Crippen LogP contribution in [0.25, 0.3) is 0 Å². The van der Waals surface area contributed by atoms with E-state index in [9.17, 15) is 4.79 Å². The van der Waals surface area contributed by atoms with Gasteiger partial charge >= 0.3 is 6.03 Å². The summed E-state index contributed by atoms with van der Waals surface area (Å²) in [5.41, 5.74) is 0.764. The summed E-state index contributed by atoms with van der Waals surface area (Å²) in [6.45, 7) is 4.96. The number of hydrogen-bond donors (Lipinski definition) is 1. The van der Waals surface area contributed by atoms with Crippen LogP contribution in [0.1, 0.15) is 19.3 Å². The van der Waals surface area contributed by atoms with Crippen molar-refractivity contribution in [1.29, 1.82) is 0 Å². The third-order valence-corrected chi connectivity index (χ3v) is 5.55. The Balaban J connectivity index is 1.32. The maximum absolute atomic E-state index is 12.6. The average Bonchev–Trinajstić information content (AvgIpc) is 2.80. The Labute approximate surface area is 171 Å². The van der Waals surface area contributed by atoms with Gasteiger partial charge in [-0.05, 0) is 43.5 Å². The number of hydrogen-bond acceptors (Lipinski definition) is 6. The summed E-state index contributed by atoms with van der Waals surface area (Å²) in [5, 5.41) is 2.95. The second kappa shape index (κ2) is 8.98. The van der Waals surface area contributed by atoms with Crippen LogP contribution in [0.15, 0.2) is 36.7 Å². The Morgan fingerprint density at radius 3 is 2.14 bits per heavy atom. The molecule has 2 aliphatic rings. The molecule has 0 aliphatic carbocycles. The number of ether oxygens (including phenoxy) is 1. The standard InChI is InChI=1S/C21H28N6O2/c1-29-18-7-5-17(6-8-18)24-21(28)27-13-11-26(12-14-27)20-15-19(22-16-23-20)25-9-3-2-4-10-25/h5-8,15-16H,2-4,9-14H2,1H3,(H,24,28). The molecule has 0 bridgehead atoms. The molecular formula is C21H28N6O2. The van der Waals surface area contributed by atoms with E-state index in [1.54, 1.807) is 13.4 Å². The van der Waals surface area contributed by atoms with Crippen LogP contribution in [0.2, 0.25) is 0 Å². The molecule has 0 atom stereocenters. The van der Waals surface area contributed by atoms with Crippen molar-refractivity contribution in [2.75, 3.05) is 61.5 Å². The molecule has 1 N–H and O–H groups in total. The highest BCUT2D eigenvalue weighted by molar-refractivity contribution is 5.89. The molecular weight excluding hydrogens is 368 g/mol. The van der Waals surface area contributed by atoms with Gasteiger partial charge in [0, 0.05) is 51.0 Å². The minimum absolute atomic E-state index is 0.0773. The minimum atomic E-state index is -0.0773. The van der Waals surface area contributed by atoms with Crippen LogP contribution in [-0.2, 0) is 0 Å². The van der Waals surface area contributed by atoms with Gasteiger partial charge in [-0.25, -0.2) is 14.8 Å². The SMILES string of the molecule is COc1ccc(NC(=O)N2CCN(c3cc(N4CCCCC4)ncn3)CC2)cc1. The molecule has 0 saturated carbocycles. The number of nitrogens with zero attached hydrogens (tertiary/aromatic N) is 5. The summed E-state index contributed by atoms with van der Waals surface area (Å²) >= 11 is 0. The van der Waals surface area contributed by atoms with Crippen LogP contribution in [0.4, 0.5) is 22.1 Å². The molecule has 8 nitrogen and oxygen atoms in total. The first kappa shape index (κ1) is 19.3.